The lowest BCUT2D eigenvalue weighted by Crippen LogP contribution is -2.41. The Balaban J connectivity index is 1.49. The molecule has 0 aromatic heterocycles. The highest BCUT2D eigenvalue weighted by atomic mass is 16.2. The summed E-state index contributed by atoms with van der Waals surface area (Å²) in [6, 6.07) is 0.0816. The number of hydrogen-bond donors (Lipinski definition) is 1. The van der Waals surface area contributed by atoms with Crippen LogP contribution in [0.3, 0.4) is 0 Å². The molecule has 2 saturated heterocycles. The van der Waals surface area contributed by atoms with Gasteiger partial charge in [0.25, 0.3) is 5.91 Å². The average Bonchev–Trinajstić information content (AvgIpc) is 3.22. The number of carbonyl (C=O) groups is 3. The van der Waals surface area contributed by atoms with Crippen LogP contribution in [0.15, 0.2) is 0 Å². The minimum atomic E-state index is -0.830. The van der Waals surface area contributed by atoms with Gasteiger partial charge in [-0.3, -0.25) is 14.5 Å². The molecule has 1 aliphatic carbocycles. The summed E-state index contributed by atoms with van der Waals surface area (Å²) in [5.74, 6) is 0.670. The van der Waals surface area contributed by atoms with Gasteiger partial charge in [0, 0.05) is 25.6 Å². The van der Waals surface area contributed by atoms with Crippen LogP contribution in [0.1, 0.15) is 65.2 Å². The first-order valence-corrected chi connectivity index (χ1v) is 9.34. The van der Waals surface area contributed by atoms with Crippen LogP contribution >= 0.6 is 0 Å². The van der Waals surface area contributed by atoms with Crippen LogP contribution in [0.5, 0.6) is 0 Å². The van der Waals surface area contributed by atoms with Gasteiger partial charge in [-0.15, -0.1) is 0 Å². The highest BCUT2D eigenvalue weighted by Gasteiger charge is 2.44. The smallest absolute Gasteiger partial charge is 0.325 e. The maximum atomic E-state index is 12.6. The molecular formula is C18H29N3O3. The van der Waals surface area contributed by atoms with E-state index in [1.807, 2.05) is 0 Å². The molecule has 0 aromatic rings. The SMILES string of the molecule is CC1(C)NC(=O)N(CCCC(=O)N2CCCC2C2CCCC2)C1=O. The van der Waals surface area contributed by atoms with Crippen molar-refractivity contribution in [2.75, 3.05) is 13.1 Å². The molecule has 4 amide bonds. The fraction of sp³-hybridized carbons (Fsp3) is 0.833. The van der Waals surface area contributed by atoms with Crippen molar-refractivity contribution in [3.8, 4) is 0 Å². The first-order valence-electron chi connectivity index (χ1n) is 9.34. The number of hydrogen-bond acceptors (Lipinski definition) is 3. The molecule has 134 valence electrons. The number of imide groups is 1. The summed E-state index contributed by atoms with van der Waals surface area (Å²) in [6.07, 6.45) is 8.31. The highest BCUT2D eigenvalue weighted by Crippen LogP contribution is 2.35. The normalized spacial score (nSPS) is 27.2. The van der Waals surface area contributed by atoms with Crippen LogP contribution in [0.2, 0.25) is 0 Å². The molecule has 24 heavy (non-hydrogen) atoms. The zero-order valence-corrected chi connectivity index (χ0v) is 14.8. The van der Waals surface area contributed by atoms with E-state index in [2.05, 4.69) is 10.2 Å². The summed E-state index contributed by atoms with van der Waals surface area (Å²) < 4.78 is 0. The van der Waals surface area contributed by atoms with Crippen LogP contribution in [0, 0.1) is 5.92 Å². The number of amides is 4. The van der Waals surface area contributed by atoms with E-state index in [0.29, 0.717) is 31.3 Å². The quantitative estimate of drug-likeness (QED) is 0.784. The number of urea groups is 1. The highest BCUT2D eigenvalue weighted by molar-refractivity contribution is 6.06. The van der Waals surface area contributed by atoms with Crippen molar-refractivity contribution in [2.45, 2.75) is 76.8 Å². The van der Waals surface area contributed by atoms with Crippen molar-refractivity contribution in [3.63, 3.8) is 0 Å². The van der Waals surface area contributed by atoms with E-state index >= 15 is 0 Å². The second-order valence-corrected chi connectivity index (χ2v) is 7.96. The maximum Gasteiger partial charge on any atom is 0.325 e. The lowest BCUT2D eigenvalue weighted by Gasteiger charge is -2.29. The van der Waals surface area contributed by atoms with Crippen molar-refractivity contribution in [2.24, 2.45) is 5.92 Å². The Morgan fingerprint density at radius 2 is 1.88 bits per heavy atom. The van der Waals surface area contributed by atoms with Crippen molar-refractivity contribution in [1.82, 2.24) is 15.1 Å². The molecule has 0 radical (unpaired) electrons. The van der Waals surface area contributed by atoms with E-state index < -0.39 is 5.54 Å². The number of rotatable bonds is 5. The van der Waals surface area contributed by atoms with E-state index in [0.717, 1.165) is 19.4 Å². The van der Waals surface area contributed by atoms with Gasteiger partial charge in [-0.05, 0) is 51.9 Å². The summed E-state index contributed by atoms with van der Waals surface area (Å²) in [4.78, 5) is 39.9. The van der Waals surface area contributed by atoms with Gasteiger partial charge in [0.15, 0.2) is 0 Å². The molecule has 0 bridgehead atoms. The summed E-state index contributed by atoms with van der Waals surface area (Å²) in [5, 5.41) is 2.67. The molecule has 1 atom stereocenters. The Morgan fingerprint density at radius 3 is 2.50 bits per heavy atom. The second kappa shape index (κ2) is 6.73. The molecule has 0 aromatic carbocycles. The van der Waals surface area contributed by atoms with Crippen LogP contribution < -0.4 is 5.32 Å². The topological polar surface area (TPSA) is 69.7 Å². The number of nitrogens with one attached hydrogen (secondary N) is 1. The van der Waals surface area contributed by atoms with Gasteiger partial charge >= 0.3 is 6.03 Å². The average molecular weight is 335 g/mol. The molecule has 2 aliphatic heterocycles. The lowest BCUT2D eigenvalue weighted by molar-refractivity contribution is -0.134. The van der Waals surface area contributed by atoms with Gasteiger partial charge in [0.1, 0.15) is 5.54 Å². The predicted octanol–water partition coefficient (Wildman–Crippen LogP) is 2.28. The third kappa shape index (κ3) is 3.28. The van der Waals surface area contributed by atoms with Crippen LogP contribution in [0.4, 0.5) is 4.79 Å². The second-order valence-electron chi connectivity index (χ2n) is 7.96. The number of likely N-dealkylation sites (tertiary alicyclic amines) is 1. The third-order valence-corrected chi connectivity index (χ3v) is 5.78. The van der Waals surface area contributed by atoms with Gasteiger partial charge in [-0.1, -0.05) is 12.8 Å². The number of nitrogens with zero attached hydrogens (tertiary/aromatic N) is 2. The fourth-order valence-electron chi connectivity index (χ4n) is 4.49. The Morgan fingerprint density at radius 1 is 1.17 bits per heavy atom. The van der Waals surface area contributed by atoms with E-state index in [1.165, 1.54) is 30.6 Å². The molecule has 1 unspecified atom stereocenters. The summed E-state index contributed by atoms with van der Waals surface area (Å²) in [5.41, 5.74) is -0.830. The van der Waals surface area contributed by atoms with E-state index in [1.54, 1.807) is 13.8 Å². The first kappa shape index (κ1) is 17.2. The Labute approximate surface area is 143 Å². The van der Waals surface area contributed by atoms with Crippen molar-refractivity contribution in [3.05, 3.63) is 0 Å². The predicted molar refractivity (Wildman–Crippen MR) is 90.3 cm³/mol. The Kier molecular flexibility index (Phi) is 4.83. The van der Waals surface area contributed by atoms with Crippen LogP contribution in [-0.2, 0) is 9.59 Å². The van der Waals surface area contributed by atoms with E-state index in [9.17, 15) is 14.4 Å². The minimum Gasteiger partial charge on any atom is -0.339 e. The third-order valence-electron chi connectivity index (χ3n) is 5.78. The molecule has 3 fully saturated rings. The van der Waals surface area contributed by atoms with Gasteiger partial charge < -0.3 is 10.2 Å². The molecule has 6 heteroatoms. The fourth-order valence-corrected chi connectivity index (χ4v) is 4.49. The molecule has 0 spiro atoms. The molecule has 3 rings (SSSR count). The number of carbonyl (C=O) groups excluding carboxylic acids is 3. The zero-order valence-electron chi connectivity index (χ0n) is 14.8. The monoisotopic (exact) mass is 335 g/mol. The van der Waals surface area contributed by atoms with E-state index in [4.69, 9.17) is 0 Å². The molecule has 2 heterocycles. The van der Waals surface area contributed by atoms with Crippen molar-refractivity contribution >= 4 is 17.8 Å². The maximum absolute atomic E-state index is 12.6. The summed E-state index contributed by atoms with van der Waals surface area (Å²) >= 11 is 0. The van der Waals surface area contributed by atoms with Crippen molar-refractivity contribution < 1.29 is 14.4 Å². The molecule has 1 N–H and O–H groups in total. The lowest BCUT2D eigenvalue weighted by atomic mass is 9.96. The molecule has 6 nitrogen and oxygen atoms in total. The van der Waals surface area contributed by atoms with Crippen LogP contribution in [0.25, 0.3) is 0 Å². The first-order chi connectivity index (χ1) is 11.4. The molecular weight excluding hydrogens is 306 g/mol. The van der Waals surface area contributed by atoms with Gasteiger partial charge in [0.2, 0.25) is 5.91 Å². The zero-order chi connectivity index (χ0) is 17.3. The molecule has 3 aliphatic rings. The van der Waals surface area contributed by atoms with Gasteiger partial charge in [-0.25, -0.2) is 4.79 Å². The largest absolute Gasteiger partial charge is 0.339 e. The summed E-state index contributed by atoms with van der Waals surface area (Å²) in [6.45, 7) is 4.60. The van der Waals surface area contributed by atoms with Gasteiger partial charge in [-0.2, -0.15) is 0 Å². The minimum absolute atomic E-state index is 0.190. The standard InChI is InChI=1S/C18H29N3O3/c1-18(2)16(23)21(17(24)19-18)12-6-10-15(22)20-11-5-9-14(20)13-7-3-4-8-13/h13-14H,3-12H2,1-2H3,(H,19,24). The molecule has 1 saturated carbocycles. The Bertz CT molecular complexity index is 526. The summed E-state index contributed by atoms with van der Waals surface area (Å²) in [7, 11) is 0. The van der Waals surface area contributed by atoms with Gasteiger partial charge in [0.05, 0.1) is 0 Å². The van der Waals surface area contributed by atoms with Crippen molar-refractivity contribution in [1.29, 1.82) is 0 Å². The van der Waals surface area contributed by atoms with E-state index in [-0.39, 0.29) is 17.8 Å². The Hall–Kier alpha value is -1.59. The van der Waals surface area contributed by atoms with Crippen LogP contribution in [-0.4, -0.2) is 52.3 Å².